The van der Waals surface area contributed by atoms with Crippen molar-refractivity contribution < 1.29 is 0 Å². The lowest BCUT2D eigenvalue weighted by atomic mass is 10.2. The van der Waals surface area contributed by atoms with Crippen molar-refractivity contribution in [2.75, 3.05) is 0 Å². The van der Waals surface area contributed by atoms with Gasteiger partial charge < -0.3 is 0 Å². The highest BCUT2D eigenvalue weighted by atomic mass is 79.9. The zero-order valence-corrected chi connectivity index (χ0v) is 5.88. The minimum absolute atomic E-state index is 0.392. The van der Waals surface area contributed by atoms with E-state index in [-0.39, 0.29) is 0 Å². The lowest BCUT2D eigenvalue weighted by Gasteiger charge is -1.87. The second-order valence-electron chi connectivity index (χ2n) is 2.28. The van der Waals surface area contributed by atoms with Crippen molar-refractivity contribution in [2.45, 2.75) is 19.8 Å². The minimum atomic E-state index is 0.392. The molecule has 0 spiro atoms. The summed E-state index contributed by atoms with van der Waals surface area (Å²) in [5.41, 5.74) is 0.392. The molecule has 1 rings (SSSR count). The van der Waals surface area contributed by atoms with Gasteiger partial charge in [-0.15, -0.1) is 0 Å². The lowest BCUT2D eigenvalue weighted by molar-refractivity contribution is 0.784. The highest BCUT2D eigenvalue weighted by Gasteiger charge is 2.34. The van der Waals surface area contributed by atoms with E-state index in [4.69, 9.17) is 0 Å². The fourth-order valence-corrected chi connectivity index (χ4v) is 0.905. The number of rotatable bonds is 0. The summed E-state index contributed by atoms with van der Waals surface area (Å²) in [4.78, 5) is 2.73. The summed E-state index contributed by atoms with van der Waals surface area (Å²) < 4.78 is 0. The molecule has 1 aliphatic rings. The Kier molecular flexibility index (Phi) is 1.13. The molecule has 38 valence electrons. The Bertz CT molecular complexity index is 123. The minimum Gasteiger partial charge on any atom is -0.0842 e. The first-order valence-electron chi connectivity index (χ1n) is 2.40. The van der Waals surface area contributed by atoms with Gasteiger partial charge in [0.1, 0.15) is 0 Å². The first kappa shape index (κ1) is 5.18. The molecule has 7 heavy (non-hydrogen) atoms. The van der Waals surface area contributed by atoms with Crippen LogP contribution in [0.4, 0.5) is 0 Å². The third-order valence-corrected chi connectivity index (χ3v) is 1.55. The fraction of sp³-hybridized carbons (Fsp3) is 0.667. The molecule has 0 atom stereocenters. The van der Waals surface area contributed by atoms with E-state index in [9.17, 15) is 0 Å². The molecule has 0 unspecified atom stereocenters. The Morgan fingerprint density at radius 1 is 1.57 bits per heavy atom. The van der Waals surface area contributed by atoms with Crippen molar-refractivity contribution in [3.63, 3.8) is 0 Å². The predicted octanol–water partition coefficient (Wildman–Crippen LogP) is 2.14. The molecule has 0 bridgehead atoms. The van der Waals surface area contributed by atoms with Crippen molar-refractivity contribution >= 4 is 15.9 Å². The Morgan fingerprint density at radius 2 is 2.14 bits per heavy atom. The summed E-state index contributed by atoms with van der Waals surface area (Å²) in [6.45, 7) is 2.18. The van der Waals surface area contributed by atoms with E-state index in [1.54, 1.807) is 0 Å². The van der Waals surface area contributed by atoms with E-state index in [1.807, 2.05) is 0 Å². The molecule has 0 amide bonds. The third kappa shape index (κ3) is 1.21. The van der Waals surface area contributed by atoms with Gasteiger partial charge in [-0.3, -0.25) is 0 Å². The van der Waals surface area contributed by atoms with Gasteiger partial charge in [-0.1, -0.05) is 5.92 Å². The largest absolute Gasteiger partial charge is 0.0842 e. The highest BCUT2D eigenvalue weighted by molar-refractivity contribution is 9.12. The van der Waals surface area contributed by atoms with Crippen LogP contribution in [0.15, 0.2) is 0 Å². The molecular weight excluding hydrogens is 152 g/mol. The first-order chi connectivity index (χ1) is 3.27. The zero-order chi connectivity index (χ0) is 5.33. The molecule has 0 nitrogen and oxygen atoms in total. The molecule has 1 fully saturated rings. The Labute approximate surface area is 52.4 Å². The van der Waals surface area contributed by atoms with E-state index < -0.39 is 0 Å². The predicted molar refractivity (Wildman–Crippen MR) is 34.0 cm³/mol. The standard InChI is InChI=1S/C6H7Br/c1-6(2-3-6)4-5-7/h2-3H2,1H3. The van der Waals surface area contributed by atoms with Crippen LogP contribution in [-0.2, 0) is 0 Å². The average molecular weight is 159 g/mol. The van der Waals surface area contributed by atoms with Crippen LogP contribution in [0.25, 0.3) is 0 Å². The normalized spacial score (nSPS) is 22.6. The fourth-order valence-electron chi connectivity index (χ4n) is 0.427. The van der Waals surface area contributed by atoms with Gasteiger partial charge >= 0.3 is 0 Å². The van der Waals surface area contributed by atoms with Crippen molar-refractivity contribution in [1.29, 1.82) is 0 Å². The summed E-state index contributed by atoms with van der Waals surface area (Å²) in [5, 5.41) is 0. The zero-order valence-electron chi connectivity index (χ0n) is 4.29. The van der Waals surface area contributed by atoms with Crippen molar-refractivity contribution in [3.05, 3.63) is 0 Å². The third-order valence-electron chi connectivity index (χ3n) is 1.35. The highest BCUT2D eigenvalue weighted by Crippen LogP contribution is 2.44. The van der Waals surface area contributed by atoms with E-state index in [1.165, 1.54) is 12.8 Å². The maximum Gasteiger partial charge on any atom is 0.0296 e. The number of hydrogen-bond acceptors (Lipinski definition) is 0. The molecule has 0 heterocycles. The molecular formula is C6H7Br. The maximum atomic E-state index is 3.06. The van der Waals surface area contributed by atoms with Gasteiger partial charge in [0.25, 0.3) is 0 Å². The van der Waals surface area contributed by atoms with Gasteiger partial charge in [0, 0.05) is 21.3 Å². The molecule has 0 aromatic heterocycles. The Balaban J connectivity index is 2.50. The molecule has 1 aliphatic carbocycles. The first-order valence-corrected chi connectivity index (χ1v) is 3.19. The van der Waals surface area contributed by atoms with Crippen LogP contribution in [0.5, 0.6) is 0 Å². The maximum absolute atomic E-state index is 3.06. The topological polar surface area (TPSA) is 0 Å². The van der Waals surface area contributed by atoms with Gasteiger partial charge in [-0.05, 0) is 24.6 Å². The second kappa shape index (κ2) is 1.52. The SMILES string of the molecule is CC1(C#CBr)CC1. The summed E-state index contributed by atoms with van der Waals surface area (Å²) >= 11 is 3.06. The van der Waals surface area contributed by atoms with Gasteiger partial charge in [0.15, 0.2) is 0 Å². The average Bonchev–Trinajstić information content (AvgIpc) is 2.22. The quantitative estimate of drug-likeness (QED) is 0.475. The van der Waals surface area contributed by atoms with Crippen molar-refractivity contribution in [1.82, 2.24) is 0 Å². The second-order valence-corrected chi connectivity index (χ2v) is 2.68. The van der Waals surface area contributed by atoms with Crippen LogP contribution in [0, 0.1) is 16.2 Å². The molecule has 0 radical (unpaired) electrons. The van der Waals surface area contributed by atoms with Gasteiger partial charge in [0.05, 0.1) is 0 Å². The lowest BCUT2D eigenvalue weighted by Crippen LogP contribution is -1.81. The molecule has 0 aromatic rings. The van der Waals surface area contributed by atoms with Gasteiger partial charge in [0.2, 0.25) is 0 Å². The molecule has 0 N–H and O–H groups in total. The van der Waals surface area contributed by atoms with Crippen LogP contribution < -0.4 is 0 Å². The monoisotopic (exact) mass is 158 g/mol. The van der Waals surface area contributed by atoms with Crippen LogP contribution >= 0.6 is 15.9 Å². The molecule has 0 aliphatic heterocycles. The molecule has 1 heteroatoms. The summed E-state index contributed by atoms with van der Waals surface area (Å²) in [6, 6.07) is 0. The smallest absolute Gasteiger partial charge is 0.0296 e. The van der Waals surface area contributed by atoms with Crippen molar-refractivity contribution in [2.24, 2.45) is 5.41 Å². The van der Waals surface area contributed by atoms with Crippen LogP contribution in [-0.4, -0.2) is 0 Å². The van der Waals surface area contributed by atoms with Crippen LogP contribution in [0.2, 0.25) is 0 Å². The molecule has 1 saturated carbocycles. The number of halogens is 1. The van der Waals surface area contributed by atoms with E-state index in [0.29, 0.717) is 5.41 Å². The van der Waals surface area contributed by atoms with Gasteiger partial charge in [-0.2, -0.15) is 0 Å². The van der Waals surface area contributed by atoms with Crippen LogP contribution in [0.3, 0.4) is 0 Å². The van der Waals surface area contributed by atoms with Gasteiger partial charge in [-0.25, -0.2) is 0 Å². The molecule has 0 saturated heterocycles. The van der Waals surface area contributed by atoms with E-state index >= 15 is 0 Å². The number of hydrogen-bond donors (Lipinski definition) is 0. The van der Waals surface area contributed by atoms with E-state index in [0.717, 1.165) is 0 Å². The summed E-state index contributed by atoms with van der Waals surface area (Å²) in [7, 11) is 0. The Hall–Kier alpha value is 0.0400. The van der Waals surface area contributed by atoms with E-state index in [2.05, 4.69) is 33.6 Å². The molecule has 0 aromatic carbocycles. The van der Waals surface area contributed by atoms with Crippen LogP contribution in [0.1, 0.15) is 19.8 Å². The summed E-state index contributed by atoms with van der Waals surface area (Å²) in [5.74, 6) is 3.06. The summed E-state index contributed by atoms with van der Waals surface area (Å²) in [6.07, 6.45) is 2.57. The Morgan fingerprint density at radius 3 is 2.29 bits per heavy atom. The van der Waals surface area contributed by atoms with Crippen molar-refractivity contribution in [3.8, 4) is 10.8 Å².